The zero-order valence-corrected chi connectivity index (χ0v) is 20.7. The smallest absolute Gasteiger partial charge is 0.223 e. The fraction of sp³-hybridized carbons (Fsp3) is 0.636. The maximum Gasteiger partial charge on any atom is 0.223 e. The van der Waals surface area contributed by atoms with Gasteiger partial charge in [0.1, 0.15) is 0 Å². The van der Waals surface area contributed by atoms with Crippen LogP contribution in [0.2, 0.25) is 0 Å². The van der Waals surface area contributed by atoms with E-state index >= 15 is 0 Å². The van der Waals surface area contributed by atoms with Crippen molar-refractivity contribution in [1.82, 2.24) is 15.5 Å². The van der Waals surface area contributed by atoms with Crippen molar-refractivity contribution in [3.63, 3.8) is 0 Å². The third-order valence-electron chi connectivity index (χ3n) is 5.91. The zero-order chi connectivity index (χ0) is 20.6. The number of amides is 1. The van der Waals surface area contributed by atoms with Gasteiger partial charge in [-0.15, -0.1) is 24.0 Å². The molecule has 0 atom stereocenters. The molecule has 0 aromatic heterocycles. The molecule has 0 saturated heterocycles. The number of ether oxygens (including phenoxy) is 2. The van der Waals surface area contributed by atoms with Crippen LogP contribution in [-0.2, 0) is 17.8 Å². The Kier molecular flexibility index (Phi) is 10.0. The minimum absolute atomic E-state index is 0. The van der Waals surface area contributed by atoms with E-state index in [2.05, 4.69) is 32.7 Å². The predicted octanol–water partition coefficient (Wildman–Crippen LogP) is 2.95. The summed E-state index contributed by atoms with van der Waals surface area (Å²) in [4.78, 5) is 18.9. The van der Waals surface area contributed by atoms with E-state index in [-0.39, 0.29) is 35.8 Å². The van der Waals surface area contributed by atoms with Crippen molar-refractivity contribution in [2.75, 3.05) is 40.9 Å². The SMILES string of the molecule is CN=C(NCCNC(=O)C1CCCCC1)N1CCc2cc(OC)c(OC)cc2C1.I. The molecule has 8 heteroatoms. The van der Waals surface area contributed by atoms with Gasteiger partial charge in [0.15, 0.2) is 17.5 Å². The summed E-state index contributed by atoms with van der Waals surface area (Å²) in [6.45, 7) is 2.94. The Morgan fingerprint density at radius 3 is 2.33 bits per heavy atom. The molecule has 1 heterocycles. The summed E-state index contributed by atoms with van der Waals surface area (Å²) in [6, 6.07) is 4.13. The molecule has 168 valence electrons. The van der Waals surface area contributed by atoms with Gasteiger partial charge < -0.3 is 25.0 Å². The van der Waals surface area contributed by atoms with Gasteiger partial charge in [-0.3, -0.25) is 9.79 Å². The van der Waals surface area contributed by atoms with Gasteiger partial charge in [-0.2, -0.15) is 0 Å². The van der Waals surface area contributed by atoms with E-state index in [0.717, 1.165) is 49.8 Å². The van der Waals surface area contributed by atoms with Gasteiger partial charge in [0.2, 0.25) is 5.91 Å². The highest BCUT2D eigenvalue weighted by atomic mass is 127. The normalized spacial score (nSPS) is 16.9. The van der Waals surface area contributed by atoms with Crippen LogP contribution < -0.4 is 20.1 Å². The molecular weight excluding hydrogens is 495 g/mol. The number of halogens is 1. The van der Waals surface area contributed by atoms with Crippen LogP contribution in [0.4, 0.5) is 0 Å². The maximum absolute atomic E-state index is 12.3. The highest BCUT2D eigenvalue weighted by molar-refractivity contribution is 14.0. The number of nitrogens with zero attached hydrogens (tertiary/aromatic N) is 2. The van der Waals surface area contributed by atoms with Crippen molar-refractivity contribution < 1.29 is 14.3 Å². The summed E-state index contributed by atoms with van der Waals surface area (Å²) in [7, 11) is 5.12. The van der Waals surface area contributed by atoms with Crippen LogP contribution in [0, 0.1) is 5.92 Å². The Labute approximate surface area is 197 Å². The average Bonchev–Trinajstić information content (AvgIpc) is 2.78. The lowest BCUT2D eigenvalue weighted by atomic mass is 9.89. The predicted molar refractivity (Wildman–Crippen MR) is 130 cm³/mol. The molecule has 1 fully saturated rings. The monoisotopic (exact) mass is 530 g/mol. The molecule has 1 aliphatic heterocycles. The van der Waals surface area contributed by atoms with E-state index < -0.39 is 0 Å². The number of carbonyl (C=O) groups is 1. The fourth-order valence-electron chi connectivity index (χ4n) is 4.27. The maximum atomic E-state index is 12.3. The summed E-state index contributed by atoms with van der Waals surface area (Å²) >= 11 is 0. The molecule has 1 aromatic carbocycles. The number of nitrogens with one attached hydrogen (secondary N) is 2. The molecule has 0 radical (unpaired) electrons. The van der Waals surface area contributed by atoms with Gasteiger partial charge in [-0.1, -0.05) is 19.3 Å². The van der Waals surface area contributed by atoms with Crippen LogP contribution in [0.1, 0.15) is 43.2 Å². The standard InChI is InChI=1S/C22H34N4O3.HI/c1-23-22(25-11-10-24-21(27)16-7-5-4-6-8-16)26-12-9-17-13-19(28-2)20(29-3)14-18(17)15-26;/h13-14,16H,4-12,15H2,1-3H3,(H,23,25)(H,24,27);1H. The Hall–Kier alpha value is -1.71. The number of hydrogen-bond acceptors (Lipinski definition) is 4. The van der Waals surface area contributed by atoms with Gasteiger partial charge in [-0.25, -0.2) is 0 Å². The molecule has 0 unspecified atom stereocenters. The molecule has 1 aliphatic carbocycles. The number of aliphatic imine (C=N–C) groups is 1. The number of fused-ring (bicyclic) bond motifs is 1. The number of rotatable bonds is 6. The highest BCUT2D eigenvalue weighted by Gasteiger charge is 2.22. The molecule has 1 aromatic rings. The van der Waals surface area contributed by atoms with Gasteiger partial charge in [0.25, 0.3) is 0 Å². The van der Waals surface area contributed by atoms with E-state index in [9.17, 15) is 4.79 Å². The van der Waals surface area contributed by atoms with Crippen LogP contribution in [0.15, 0.2) is 17.1 Å². The summed E-state index contributed by atoms with van der Waals surface area (Å²) < 4.78 is 10.9. The third kappa shape index (κ3) is 6.15. The lowest BCUT2D eigenvalue weighted by molar-refractivity contribution is -0.125. The first kappa shape index (κ1) is 24.6. The van der Waals surface area contributed by atoms with Crippen LogP contribution >= 0.6 is 24.0 Å². The number of benzene rings is 1. The van der Waals surface area contributed by atoms with E-state index in [1.807, 2.05) is 0 Å². The Balaban J connectivity index is 0.00000320. The second-order valence-corrected chi connectivity index (χ2v) is 7.75. The van der Waals surface area contributed by atoms with Crippen molar-refractivity contribution in [1.29, 1.82) is 0 Å². The first-order valence-corrected chi connectivity index (χ1v) is 10.6. The van der Waals surface area contributed by atoms with Crippen molar-refractivity contribution in [3.05, 3.63) is 23.3 Å². The molecule has 2 aliphatic rings. The van der Waals surface area contributed by atoms with Crippen LogP contribution in [0.25, 0.3) is 0 Å². The lowest BCUT2D eigenvalue weighted by Crippen LogP contribution is -2.46. The molecule has 7 nitrogen and oxygen atoms in total. The molecule has 2 N–H and O–H groups in total. The van der Waals surface area contributed by atoms with Crippen LogP contribution in [0.5, 0.6) is 11.5 Å². The van der Waals surface area contributed by atoms with Gasteiger partial charge in [0, 0.05) is 39.1 Å². The van der Waals surface area contributed by atoms with Gasteiger partial charge >= 0.3 is 0 Å². The van der Waals surface area contributed by atoms with Crippen molar-refractivity contribution in [2.24, 2.45) is 10.9 Å². The third-order valence-corrected chi connectivity index (χ3v) is 5.91. The molecule has 0 bridgehead atoms. The largest absolute Gasteiger partial charge is 0.493 e. The number of guanidine groups is 1. The second kappa shape index (κ2) is 12.2. The molecule has 1 saturated carbocycles. The lowest BCUT2D eigenvalue weighted by Gasteiger charge is -2.32. The number of carbonyl (C=O) groups excluding carboxylic acids is 1. The van der Waals surface area contributed by atoms with Crippen LogP contribution in [0.3, 0.4) is 0 Å². The van der Waals surface area contributed by atoms with Crippen molar-refractivity contribution in [3.8, 4) is 11.5 Å². The molecule has 30 heavy (non-hydrogen) atoms. The first-order valence-electron chi connectivity index (χ1n) is 10.6. The van der Waals surface area contributed by atoms with Gasteiger partial charge in [0.05, 0.1) is 14.2 Å². The van der Waals surface area contributed by atoms with E-state index in [1.165, 1.54) is 30.4 Å². The van der Waals surface area contributed by atoms with E-state index in [1.54, 1.807) is 21.3 Å². The van der Waals surface area contributed by atoms with Crippen molar-refractivity contribution >= 4 is 35.8 Å². The number of hydrogen-bond donors (Lipinski definition) is 2. The quantitative estimate of drug-likeness (QED) is 0.256. The minimum atomic E-state index is 0. The number of methoxy groups -OCH3 is 2. The second-order valence-electron chi connectivity index (χ2n) is 7.75. The first-order chi connectivity index (χ1) is 14.2. The molecule has 1 amide bonds. The summed E-state index contributed by atoms with van der Waals surface area (Å²) in [5.41, 5.74) is 2.51. The average molecular weight is 530 g/mol. The topological polar surface area (TPSA) is 75.2 Å². The Bertz CT molecular complexity index is 735. The Morgan fingerprint density at radius 2 is 1.70 bits per heavy atom. The van der Waals surface area contributed by atoms with Gasteiger partial charge in [-0.05, 0) is 42.5 Å². The summed E-state index contributed by atoms with van der Waals surface area (Å²) in [6.07, 6.45) is 6.60. The zero-order valence-electron chi connectivity index (χ0n) is 18.3. The van der Waals surface area contributed by atoms with E-state index in [0.29, 0.717) is 13.1 Å². The summed E-state index contributed by atoms with van der Waals surface area (Å²) in [5.74, 6) is 2.79. The summed E-state index contributed by atoms with van der Waals surface area (Å²) in [5, 5.41) is 6.46. The fourth-order valence-corrected chi connectivity index (χ4v) is 4.27. The van der Waals surface area contributed by atoms with Crippen molar-refractivity contribution in [2.45, 2.75) is 45.1 Å². The molecule has 0 spiro atoms. The minimum Gasteiger partial charge on any atom is -0.493 e. The highest BCUT2D eigenvalue weighted by Crippen LogP contribution is 2.33. The molecule has 3 rings (SSSR count). The van der Waals surface area contributed by atoms with Crippen LogP contribution in [-0.4, -0.2) is 57.7 Å². The molecular formula is C22H35IN4O3. The van der Waals surface area contributed by atoms with E-state index in [4.69, 9.17) is 9.47 Å². The Morgan fingerprint density at radius 1 is 1.07 bits per heavy atom.